The lowest BCUT2D eigenvalue weighted by molar-refractivity contribution is -0.119. The molecule has 0 aliphatic heterocycles. The molecule has 6 nitrogen and oxygen atoms in total. The number of carbonyl (C=O) groups excluding carboxylic acids is 1. The summed E-state index contributed by atoms with van der Waals surface area (Å²) in [6.07, 6.45) is 0. The molecule has 0 fully saturated rings. The minimum absolute atomic E-state index is 0.0893. The second-order valence-electron chi connectivity index (χ2n) is 7.93. The number of halogens is 1. The van der Waals surface area contributed by atoms with E-state index in [1.807, 2.05) is 42.5 Å². The zero-order valence-corrected chi connectivity index (χ0v) is 20.7. The summed E-state index contributed by atoms with van der Waals surface area (Å²) in [6.45, 7) is 1.83. The molecule has 0 saturated carbocycles. The first-order valence-electron chi connectivity index (χ1n) is 11.1. The predicted molar refractivity (Wildman–Crippen MR) is 140 cm³/mol. The summed E-state index contributed by atoms with van der Waals surface area (Å²) in [5.74, 6) is 0.269. The van der Waals surface area contributed by atoms with Crippen LogP contribution in [0.1, 0.15) is 5.56 Å². The standard InChI is InChI=1S/C27H25ClN2O4S/c1-20-14-15-22(28)18-25(20)30(35(32,33)23-10-3-2-4-11-23)19-27(31)29-16-17-34-26-13-7-9-21-8-5-6-12-24(21)26/h2-15,18H,16-17,19H2,1H3,(H,29,31). The Morgan fingerprint density at radius 2 is 1.66 bits per heavy atom. The maximum absolute atomic E-state index is 13.4. The Labute approximate surface area is 210 Å². The number of fused-ring (bicyclic) bond motifs is 1. The van der Waals surface area contributed by atoms with E-state index in [2.05, 4.69) is 5.32 Å². The first-order valence-corrected chi connectivity index (χ1v) is 12.9. The van der Waals surface area contributed by atoms with E-state index in [4.69, 9.17) is 16.3 Å². The summed E-state index contributed by atoms with van der Waals surface area (Å²) in [7, 11) is -4.00. The Hall–Kier alpha value is -3.55. The van der Waals surface area contributed by atoms with Crippen molar-refractivity contribution < 1.29 is 17.9 Å². The molecule has 1 N–H and O–H groups in total. The van der Waals surface area contributed by atoms with Crippen molar-refractivity contribution in [1.82, 2.24) is 5.32 Å². The highest BCUT2D eigenvalue weighted by Gasteiger charge is 2.28. The summed E-state index contributed by atoms with van der Waals surface area (Å²) >= 11 is 6.16. The van der Waals surface area contributed by atoms with Gasteiger partial charge in [-0.2, -0.15) is 0 Å². The molecule has 0 spiro atoms. The third kappa shape index (κ3) is 5.75. The maximum Gasteiger partial charge on any atom is 0.264 e. The number of benzene rings is 4. The molecular formula is C27H25ClN2O4S. The lowest BCUT2D eigenvalue weighted by Gasteiger charge is -2.26. The summed E-state index contributed by atoms with van der Waals surface area (Å²) < 4.78 is 33.9. The number of hydrogen-bond acceptors (Lipinski definition) is 4. The van der Waals surface area contributed by atoms with E-state index in [9.17, 15) is 13.2 Å². The van der Waals surface area contributed by atoms with Crippen LogP contribution in [0.15, 0.2) is 95.9 Å². The quantitative estimate of drug-likeness (QED) is 0.316. The van der Waals surface area contributed by atoms with Crippen molar-refractivity contribution in [3.05, 3.63) is 102 Å². The molecule has 8 heteroatoms. The van der Waals surface area contributed by atoms with E-state index in [1.54, 1.807) is 43.3 Å². The number of ether oxygens (including phenoxy) is 1. The molecule has 0 saturated heterocycles. The van der Waals surface area contributed by atoms with Crippen molar-refractivity contribution in [2.45, 2.75) is 11.8 Å². The Morgan fingerprint density at radius 1 is 0.943 bits per heavy atom. The van der Waals surface area contributed by atoms with Gasteiger partial charge in [-0.05, 0) is 48.2 Å². The molecule has 0 aliphatic carbocycles. The minimum atomic E-state index is -4.00. The van der Waals surface area contributed by atoms with E-state index in [0.29, 0.717) is 16.3 Å². The predicted octanol–water partition coefficient (Wildman–Crippen LogP) is 5.19. The number of anilines is 1. The smallest absolute Gasteiger partial charge is 0.264 e. The number of carbonyl (C=O) groups is 1. The zero-order chi connectivity index (χ0) is 24.8. The number of hydrogen-bond donors (Lipinski definition) is 1. The molecule has 0 aromatic heterocycles. The number of nitrogens with zero attached hydrogens (tertiary/aromatic N) is 1. The molecule has 0 radical (unpaired) electrons. The molecule has 1 amide bonds. The molecule has 0 unspecified atom stereocenters. The largest absolute Gasteiger partial charge is 0.491 e. The third-order valence-corrected chi connectivity index (χ3v) is 7.50. The number of aryl methyl sites for hydroxylation is 1. The van der Waals surface area contributed by atoms with E-state index < -0.39 is 22.5 Å². The lowest BCUT2D eigenvalue weighted by atomic mass is 10.1. The van der Waals surface area contributed by atoms with Crippen LogP contribution in [-0.4, -0.2) is 34.0 Å². The first-order chi connectivity index (χ1) is 16.9. The lowest BCUT2D eigenvalue weighted by Crippen LogP contribution is -2.42. The van der Waals surface area contributed by atoms with Gasteiger partial charge in [0.05, 0.1) is 17.1 Å². The van der Waals surface area contributed by atoms with E-state index in [0.717, 1.165) is 20.8 Å². The van der Waals surface area contributed by atoms with Crippen molar-refractivity contribution in [3.63, 3.8) is 0 Å². The van der Waals surface area contributed by atoms with Gasteiger partial charge in [-0.25, -0.2) is 8.42 Å². The van der Waals surface area contributed by atoms with Crippen LogP contribution in [0.4, 0.5) is 5.69 Å². The van der Waals surface area contributed by atoms with Crippen LogP contribution in [-0.2, 0) is 14.8 Å². The second-order valence-corrected chi connectivity index (χ2v) is 10.2. The van der Waals surface area contributed by atoms with Gasteiger partial charge < -0.3 is 10.1 Å². The topological polar surface area (TPSA) is 75.7 Å². The first kappa shape index (κ1) is 24.6. The van der Waals surface area contributed by atoms with Gasteiger partial charge in [0.15, 0.2) is 0 Å². The average Bonchev–Trinajstić information content (AvgIpc) is 2.87. The monoisotopic (exact) mass is 508 g/mol. The summed E-state index contributed by atoms with van der Waals surface area (Å²) in [5, 5.41) is 5.18. The zero-order valence-electron chi connectivity index (χ0n) is 19.1. The van der Waals surface area contributed by atoms with Crippen molar-refractivity contribution >= 4 is 44.0 Å². The molecular weight excluding hydrogens is 484 g/mol. The average molecular weight is 509 g/mol. The van der Waals surface area contributed by atoms with Crippen LogP contribution in [0.3, 0.4) is 0 Å². The van der Waals surface area contributed by atoms with Crippen LogP contribution in [0.2, 0.25) is 5.02 Å². The van der Waals surface area contributed by atoms with Gasteiger partial charge in [0.25, 0.3) is 10.0 Å². The van der Waals surface area contributed by atoms with E-state index in [1.165, 1.54) is 12.1 Å². The Balaban J connectivity index is 1.47. The van der Waals surface area contributed by atoms with Crippen LogP contribution < -0.4 is 14.4 Å². The summed E-state index contributed by atoms with van der Waals surface area (Å²) in [6, 6.07) is 26.6. The van der Waals surface area contributed by atoms with Crippen LogP contribution >= 0.6 is 11.6 Å². The highest BCUT2D eigenvalue weighted by molar-refractivity contribution is 7.92. The van der Waals surface area contributed by atoms with E-state index >= 15 is 0 Å². The van der Waals surface area contributed by atoms with Gasteiger partial charge in [-0.3, -0.25) is 9.10 Å². The molecule has 4 aromatic carbocycles. The normalized spacial score (nSPS) is 11.3. The Kier molecular flexibility index (Phi) is 7.58. The van der Waals surface area contributed by atoms with Gasteiger partial charge in [0.2, 0.25) is 5.91 Å². The molecule has 4 aromatic rings. The molecule has 0 heterocycles. The molecule has 35 heavy (non-hydrogen) atoms. The third-order valence-electron chi connectivity index (χ3n) is 5.49. The minimum Gasteiger partial charge on any atom is -0.491 e. The van der Waals surface area contributed by atoms with Crippen molar-refractivity contribution in [3.8, 4) is 5.75 Å². The Bertz CT molecular complexity index is 1440. The Morgan fingerprint density at radius 3 is 2.46 bits per heavy atom. The fourth-order valence-electron chi connectivity index (χ4n) is 3.73. The number of nitrogens with one attached hydrogen (secondary N) is 1. The van der Waals surface area contributed by atoms with Crippen molar-refractivity contribution in [1.29, 1.82) is 0 Å². The van der Waals surface area contributed by atoms with Crippen LogP contribution in [0.25, 0.3) is 10.8 Å². The number of rotatable bonds is 9. The fourth-order valence-corrected chi connectivity index (χ4v) is 5.39. The fraction of sp³-hybridized carbons (Fsp3) is 0.148. The van der Waals surface area contributed by atoms with Gasteiger partial charge in [0.1, 0.15) is 18.9 Å². The van der Waals surface area contributed by atoms with Crippen molar-refractivity contribution in [2.75, 3.05) is 24.0 Å². The number of sulfonamides is 1. The van der Waals surface area contributed by atoms with E-state index in [-0.39, 0.29) is 18.0 Å². The summed E-state index contributed by atoms with van der Waals surface area (Å²) in [5.41, 5.74) is 1.03. The van der Waals surface area contributed by atoms with Gasteiger partial charge in [-0.15, -0.1) is 0 Å². The van der Waals surface area contributed by atoms with Crippen LogP contribution in [0, 0.1) is 6.92 Å². The highest BCUT2D eigenvalue weighted by Crippen LogP contribution is 2.29. The van der Waals surface area contributed by atoms with Gasteiger partial charge >= 0.3 is 0 Å². The molecule has 0 bridgehead atoms. The van der Waals surface area contributed by atoms with Gasteiger partial charge in [0, 0.05) is 10.4 Å². The molecule has 4 rings (SSSR count). The SMILES string of the molecule is Cc1ccc(Cl)cc1N(CC(=O)NCCOc1cccc2ccccc12)S(=O)(=O)c1ccccc1. The molecule has 180 valence electrons. The van der Waals surface area contributed by atoms with Gasteiger partial charge in [-0.1, -0.05) is 72.3 Å². The van der Waals surface area contributed by atoms with Crippen molar-refractivity contribution in [2.24, 2.45) is 0 Å². The molecule has 0 aliphatic rings. The highest BCUT2D eigenvalue weighted by atomic mass is 35.5. The second kappa shape index (κ2) is 10.8. The molecule has 0 atom stereocenters. The summed E-state index contributed by atoms with van der Waals surface area (Å²) in [4.78, 5) is 12.9. The maximum atomic E-state index is 13.4. The van der Waals surface area contributed by atoms with Crippen LogP contribution in [0.5, 0.6) is 5.75 Å². The number of amides is 1.